The summed E-state index contributed by atoms with van der Waals surface area (Å²) in [7, 11) is -3.81. The van der Waals surface area contributed by atoms with E-state index >= 15 is 0 Å². The molecule has 0 aromatic heterocycles. The van der Waals surface area contributed by atoms with Crippen LogP contribution < -0.4 is 9.62 Å². The molecule has 0 saturated heterocycles. The number of rotatable bonds is 10. The zero-order valence-corrected chi connectivity index (χ0v) is 22.3. The number of halogens is 2. The monoisotopic (exact) mass is 557 g/mol. The van der Waals surface area contributed by atoms with Crippen molar-refractivity contribution in [2.24, 2.45) is 0 Å². The first kappa shape index (κ1) is 27.1. The van der Waals surface area contributed by atoms with E-state index in [2.05, 4.69) is 21.2 Å². The van der Waals surface area contributed by atoms with Crippen LogP contribution in [-0.2, 0) is 26.2 Å². The molecule has 2 amide bonds. The van der Waals surface area contributed by atoms with Gasteiger partial charge in [0.15, 0.2) is 0 Å². The van der Waals surface area contributed by atoms with Crippen LogP contribution in [0.3, 0.4) is 0 Å². The van der Waals surface area contributed by atoms with Crippen molar-refractivity contribution in [3.63, 3.8) is 0 Å². The summed E-state index contributed by atoms with van der Waals surface area (Å²) in [5.41, 5.74) is 1.78. The van der Waals surface area contributed by atoms with E-state index in [4.69, 9.17) is 11.6 Å². The highest BCUT2D eigenvalue weighted by atomic mass is 79.9. The number of amides is 2. The van der Waals surface area contributed by atoms with Gasteiger partial charge < -0.3 is 10.2 Å². The maximum absolute atomic E-state index is 13.5. The van der Waals surface area contributed by atoms with E-state index in [0.29, 0.717) is 22.8 Å². The number of anilines is 1. The Balaban J connectivity index is 2.42. The topological polar surface area (TPSA) is 86.8 Å². The fraction of sp³-hybridized carbons (Fsp3) is 0.391. The molecule has 7 nitrogen and oxygen atoms in total. The summed E-state index contributed by atoms with van der Waals surface area (Å²) < 4.78 is 27.1. The van der Waals surface area contributed by atoms with Gasteiger partial charge in [-0.2, -0.15) is 0 Å². The van der Waals surface area contributed by atoms with Crippen molar-refractivity contribution in [1.29, 1.82) is 0 Å². The largest absolute Gasteiger partial charge is 0.354 e. The summed E-state index contributed by atoms with van der Waals surface area (Å²) in [4.78, 5) is 27.6. The third-order valence-corrected chi connectivity index (χ3v) is 6.93. The molecule has 2 aromatic rings. The maximum Gasteiger partial charge on any atom is 0.244 e. The van der Waals surface area contributed by atoms with Gasteiger partial charge >= 0.3 is 0 Å². The van der Waals surface area contributed by atoms with Crippen molar-refractivity contribution in [1.82, 2.24) is 10.2 Å². The molecule has 0 aliphatic heterocycles. The molecule has 0 spiro atoms. The van der Waals surface area contributed by atoms with Crippen LogP contribution in [0.15, 0.2) is 46.9 Å². The minimum Gasteiger partial charge on any atom is -0.354 e. The van der Waals surface area contributed by atoms with Crippen LogP contribution in [0.4, 0.5) is 5.69 Å². The second kappa shape index (κ2) is 11.9. The number of carbonyl (C=O) groups is 2. The van der Waals surface area contributed by atoms with Gasteiger partial charge in [0.05, 0.1) is 11.9 Å². The van der Waals surface area contributed by atoms with Crippen LogP contribution >= 0.6 is 27.5 Å². The highest BCUT2D eigenvalue weighted by Crippen LogP contribution is 2.27. The lowest BCUT2D eigenvalue weighted by atomic mass is 10.1. The summed E-state index contributed by atoms with van der Waals surface area (Å²) >= 11 is 9.52. The fourth-order valence-corrected chi connectivity index (χ4v) is 4.77. The SMILES string of the molecule is CCCNC(=O)C(C)N(Cc1cccc(Br)c1)C(=O)CN(c1cc(Cl)ccc1C)S(C)(=O)=O. The Labute approximate surface area is 209 Å². The summed E-state index contributed by atoms with van der Waals surface area (Å²) in [6, 6.07) is 11.5. The molecule has 0 fully saturated rings. The molecule has 2 aromatic carbocycles. The van der Waals surface area contributed by atoms with E-state index in [0.717, 1.165) is 27.0 Å². The lowest BCUT2D eigenvalue weighted by Gasteiger charge is -2.32. The molecular formula is C23H29BrClN3O4S. The average Bonchev–Trinajstić information content (AvgIpc) is 2.74. The van der Waals surface area contributed by atoms with Crippen LogP contribution in [-0.4, -0.2) is 50.5 Å². The van der Waals surface area contributed by atoms with Crippen molar-refractivity contribution >= 4 is 55.1 Å². The molecule has 33 heavy (non-hydrogen) atoms. The number of nitrogens with zero attached hydrogens (tertiary/aromatic N) is 2. The molecule has 1 unspecified atom stereocenters. The number of carbonyl (C=O) groups excluding carboxylic acids is 2. The standard InChI is InChI=1S/C23H29BrClN3O4S/c1-5-11-26-23(30)17(3)27(14-18-7-6-8-19(24)12-18)22(29)15-28(33(4,31)32)21-13-20(25)10-9-16(21)2/h6-10,12-13,17H,5,11,14-15H2,1-4H3,(H,26,30). The highest BCUT2D eigenvalue weighted by molar-refractivity contribution is 9.10. The van der Waals surface area contributed by atoms with Gasteiger partial charge in [-0.25, -0.2) is 8.42 Å². The van der Waals surface area contributed by atoms with Crippen LogP contribution in [0.1, 0.15) is 31.4 Å². The van der Waals surface area contributed by atoms with Crippen LogP contribution in [0.25, 0.3) is 0 Å². The van der Waals surface area contributed by atoms with E-state index < -0.39 is 28.5 Å². The molecule has 1 atom stereocenters. The van der Waals surface area contributed by atoms with Crippen LogP contribution in [0.5, 0.6) is 0 Å². The van der Waals surface area contributed by atoms with E-state index in [1.54, 1.807) is 26.0 Å². The van der Waals surface area contributed by atoms with Crippen molar-refractivity contribution in [2.75, 3.05) is 23.7 Å². The quantitative estimate of drug-likeness (QED) is 0.475. The first-order valence-electron chi connectivity index (χ1n) is 10.5. The lowest BCUT2D eigenvalue weighted by Crippen LogP contribution is -2.51. The van der Waals surface area contributed by atoms with Crippen LogP contribution in [0, 0.1) is 6.92 Å². The smallest absolute Gasteiger partial charge is 0.244 e. The highest BCUT2D eigenvalue weighted by Gasteiger charge is 2.30. The molecule has 0 aliphatic rings. The van der Waals surface area contributed by atoms with Gasteiger partial charge in [0.1, 0.15) is 12.6 Å². The normalized spacial score (nSPS) is 12.2. The molecule has 0 radical (unpaired) electrons. The molecule has 2 rings (SSSR count). The van der Waals surface area contributed by atoms with Gasteiger partial charge in [0.25, 0.3) is 0 Å². The minimum atomic E-state index is -3.81. The molecule has 0 aliphatic carbocycles. The number of nitrogens with one attached hydrogen (secondary N) is 1. The third kappa shape index (κ3) is 7.72. The number of benzene rings is 2. The Morgan fingerprint density at radius 3 is 2.48 bits per heavy atom. The predicted molar refractivity (Wildman–Crippen MR) is 136 cm³/mol. The van der Waals surface area contributed by atoms with E-state index in [9.17, 15) is 18.0 Å². The summed E-state index contributed by atoms with van der Waals surface area (Å²) in [5.74, 6) is -0.802. The molecule has 10 heteroatoms. The van der Waals surface area contributed by atoms with Gasteiger partial charge in [0.2, 0.25) is 21.8 Å². The van der Waals surface area contributed by atoms with Gasteiger partial charge in [-0.1, -0.05) is 52.7 Å². The van der Waals surface area contributed by atoms with Gasteiger partial charge in [-0.15, -0.1) is 0 Å². The van der Waals surface area contributed by atoms with E-state index in [1.807, 2.05) is 31.2 Å². The van der Waals surface area contributed by atoms with Crippen molar-refractivity contribution in [3.8, 4) is 0 Å². The summed E-state index contributed by atoms with van der Waals surface area (Å²) in [6.07, 6.45) is 1.80. The predicted octanol–water partition coefficient (Wildman–Crippen LogP) is 4.12. The first-order valence-corrected chi connectivity index (χ1v) is 13.5. The Kier molecular flexibility index (Phi) is 9.75. The third-order valence-electron chi connectivity index (χ3n) is 5.08. The van der Waals surface area contributed by atoms with Crippen molar-refractivity contribution < 1.29 is 18.0 Å². The van der Waals surface area contributed by atoms with Gasteiger partial charge in [0, 0.05) is 22.6 Å². The molecule has 0 saturated carbocycles. The Morgan fingerprint density at radius 1 is 1.18 bits per heavy atom. The molecule has 1 N–H and O–H groups in total. The second-order valence-electron chi connectivity index (χ2n) is 7.82. The Morgan fingerprint density at radius 2 is 1.88 bits per heavy atom. The van der Waals surface area contributed by atoms with Crippen LogP contribution in [0.2, 0.25) is 5.02 Å². The zero-order valence-electron chi connectivity index (χ0n) is 19.1. The first-order chi connectivity index (χ1) is 15.4. The minimum absolute atomic E-state index is 0.144. The van der Waals surface area contributed by atoms with E-state index in [-0.39, 0.29) is 12.5 Å². The summed E-state index contributed by atoms with van der Waals surface area (Å²) in [6.45, 7) is 5.49. The Hall–Kier alpha value is -2.10. The van der Waals surface area contributed by atoms with Crippen molar-refractivity contribution in [3.05, 3.63) is 63.1 Å². The molecule has 180 valence electrons. The molecular weight excluding hydrogens is 530 g/mol. The van der Waals surface area contributed by atoms with Crippen molar-refractivity contribution in [2.45, 2.75) is 39.8 Å². The maximum atomic E-state index is 13.5. The van der Waals surface area contributed by atoms with Gasteiger partial charge in [-0.3, -0.25) is 13.9 Å². The van der Waals surface area contributed by atoms with Gasteiger partial charge in [-0.05, 0) is 55.7 Å². The number of hydrogen-bond donors (Lipinski definition) is 1. The average molecular weight is 559 g/mol. The summed E-state index contributed by atoms with van der Waals surface area (Å²) in [5, 5.41) is 3.16. The molecule has 0 bridgehead atoms. The van der Waals surface area contributed by atoms with E-state index in [1.165, 1.54) is 11.0 Å². The zero-order chi connectivity index (χ0) is 24.8. The lowest BCUT2D eigenvalue weighted by molar-refractivity contribution is -0.139. The number of hydrogen-bond acceptors (Lipinski definition) is 4. The molecule has 0 heterocycles. The number of sulfonamides is 1. The Bertz CT molecular complexity index is 1110. The fourth-order valence-electron chi connectivity index (χ4n) is 3.26. The number of aryl methyl sites for hydroxylation is 1. The second-order valence-corrected chi connectivity index (χ2v) is 11.1.